The van der Waals surface area contributed by atoms with Crippen LogP contribution in [-0.2, 0) is 9.84 Å². The molecule has 1 fully saturated rings. The van der Waals surface area contributed by atoms with Gasteiger partial charge in [0.25, 0.3) is 0 Å². The van der Waals surface area contributed by atoms with E-state index in [2.05, 4.69) is 15.5 Å². The summed E-state index contributed by atoms with van der Waals surface area (Å²) in [5.41, 5.74) is 0.699. The van der Waals surface area contributed by atoms with Gasteiger partial charge in [0.05, 0.1) is 11.7 Å². The van der Waals surface area contributed by atoms with Crippen molar-refractivity contribution in [2.75, 3.05) is 19.3 Å². The second-order valence-corrected chi connectivity index (χ2v) is 7.37. The first-order valence-corrected chi connectivity index (χ1v) is 8.98. The molecule has 21 heavy (non-hydrogen) atoms. The standard InChI is InChI=1S/C14H19N3O3S/c1-21(18,19)14-11-9-16-17-12(11)4-5-13(14)20-10-3-2-7-15-8-6-10/h4-5,9-10,15H,2-3,6-8H2,1H3,(H,16,17). The average molecular weight is 309 g/mol. The first-order chi connectivity index (χ1) is 10.1. The van der Waals surface area contributed by atoms with E-state index < -0.39 is 9.84 Å². The van der Waals surface area contributed by atoms with Crippen LogP contribution >= 0.6 is 0 Å². The van der Waals surface area contributed by atoms with Crippen LogP contribution in [0.15, 0.2) is 23.2 Å². The van der Waals surface area contributed by atoms with E-state index in [-0.39, 0.29) is 11.0 Å². The molecular formula is C14H19N3O3S. The Morgan fingerprint density at radius 1 is 1.29 bits per heavy atom. The lowest BCUT2D eigenvalue weighted by molar-refractivity contribution is 0.183. The van der Waals surface area contributed by atoms with Gasteiger partial charge in [0.2, 0.25) is 0 Å². The highest BCUT2D eigenvalue weighted by atomic mass is 32.2. The minimum absolute atomic E-state index is 0.0462. The maximum atomic E-state index is 12.1. The summed E-state index contributed by atoms with van der Waals surface area (Å²) in [6, 6.07) is 3.52. The normalized spacial score (nSPS) is 20.3. The highest BCUT2D eigenvalue weighted by Crippen LogP contribution is 2.32. The molecule has 7 heteroatoms. The summed E-state index contributed by atoms with van der Waals surface area (Å²) >= 11 is 0. The number of nitrogens with one attached hydrogen (secondary N) is 2. The number of aromatic amines is 1. The first-order valence-electron chi connectivity index (χ1n) is 7.09. The van der Waals surface area contributed by atoms with Crippen LogP contribution in [0.2, 0.25) is 0 Å². The summed E-state index contributed by atoms with van der Waals surface area (Å²) in [4.78, 5) is 0.228. The highest BCUT2D eigenvalue weighted by molar-refractivity contribution is 7.91. The summed E-state index contributed by atoms with van der Waals surface area (Å²) in [5, 5.41) is 10.6. The largest absolute Gasteiger partial charge is 0.489 e. The molecule has 0 aliphatic carbocycles. The third kappa shape index (κ3) is 3.03. The predicted molar refractivity (Wildman–Crippen MR) is 80.3 cm³/mol. The molecule has 2 aromatic rings. The fourth-order valence-electron chi connectivity index (χ4n) is 2.73. The summed E-state index contributed by atoms with van der Waals surface area (Å²) in [7, 11) is -3.39. The number of rotatable bonds is 3. The SMILES string of the molecule is CS(=O)(=O)c1c(OC2CCCNCC2)ccc2[nH]ncc12. The van der Waals surface area contributed by atoms with Crippen LogP contribution < -0.4 is 10.1 Å². The molecule has 6 nitrogen and oxygen atoms in total. The molecule has 1 aromatic carbocycles. The van der Waals surface area contributed by atoms with Gasteiger partial charge >= 0.3 is 0 Å². The smallest absolute Gasteiger partial charge is 0.179 e. The average Bonchev–Trinajstić information content (AvgIpc) is 2.74. The zero-order valence-corrected chi connectivity index (χ0v) is 12.7. The van der Waals surface area contributed by atoms with E-state index in [1.54, 1.807) is 12.1 Å². The maximum Gasteiger partial charge on any atom is 0.179 e. The fourth-order valence-corrected chi connectivity index (χ4v) is 3.78. The van der Waals surface area contributed by atoms with Crippen LogP contribution in [0.5, 0.6) is 5.75 Å². The van der Waals surface area contributed by atoms with Gasteiger partial charge in [-0.1, -0.05) is 0 Å². The van der Waals surface area contributed by atoms with Crippen molar-refractivity contribution >= 4 is 20.7 Å². The number of benzene rings is 1. The topological polar surface area (TPSA) is 84.1 Å². The minimum Gasteiger partial charge on any atom is -0.489 e. The van der Waals surface area contributed by atoms with Crippen molar-refractivity contribution in [3.63, 3.8) is 0 Å². The van der Waals surface area contributed by atoms with Crippen LogP contribution in [0.4, 0.5) is 0 Å². The van der Waals surface area contributed by atoms with E-state index in [4.69, 9.17) is 4.74 Å². The zero-order valence-electron chi connectivity index (χ0n) is 11.9. The van der Waals surface area contributed by atoms with E-state index >= 15 is 0 Å². The minimum atomic E-state index is -3.39. The number of H-pyrrole nitrogens is 1. The summed E-state index contributed by atoms with van der Waals surface area (Å²) in [5.74, 6) is 0.429. The fraction of sp³-hybridized carbons (Fsp3) is 0.500. The van der Waals surface area contributed by atoms with Crippen LogP contribution in [0.25, 0.3) is 10.9 Å². The Morgan fingerprint density at radius 2 is 2.14 bits per heavy atom. The number of hydrogen-bond donors (Lipinski definition) is 2. The number of hydrogen-bond acceptors (Lipinski definition) is 5. The molecular weight excluding hydrogens is 290 g/mol. The molecule has 1 atom stereocenters. The monoisotopic (exact) mass is 309 g/mol. The van der Waals surface area contributed by atoms with E-state index in [0.717, 1.165) is 32.4 Å². The molecule has 1 aliphatic rings. The number of sulfone groups is 1. The molecule has 1 saturated heterocycles. The molecule has 1 aromatic heterocycles. The molecule has 1 aliphatic heterocycles. The molecule has 0 saturated carbocycles. The molecule has 114 valence electrons. The lowest BCUT2D eigenvalue weighted by Gasteiger charge is -2.19. The zero-order chi connectivity index (χ0) is 14.9. The Labute approximate surface area is 123 Å². The van der Waals surface area contributed by atoms with Gasteiger partial charge in [0, 0.05) is 11.6 Å². The van der Waals surface area contributed by atoms with E-state index in [0.29, 0.717) is 16.7 Å². The molecule has 1 unspecified atom stereocenters. The van der Waals surface area contributed by atoms with Crippen LogP contribution in [-0.4, -0.2) is 44.1 Å². The van der Waals surface area contributed by atoms with Crippen LogP contribution in [0.1, 0.15) is 19.3 Å². The van der Waals surface area contributed by atoms with Gasteiger partial charge in [0.15, 0.2) is 9.84 Å². The molecule has 2 heterocycles. The van der Waals surface area contributed by atoms with Crippen molar-refractivity contribution in [2.24, 2.45) is 0 Å². The second kappa shape index (κ2) is 5.65. The van der Waals surface area contributed by atoms with Crippen molar-refractivity contribution in [1.82, 2.24) is 15.5 Å². The highest BCUT2D eigenvalue weighted by Gasteiger charge is 2.22. The van der Waals surface area contributed by atoms with Gasteiger partial charge in [-0.05, 0) is 44.5 Å². The van der Waals surface area contributed by atoms with Gasteiger partial charge in [-0.2, -0.15) is 5.10 Å². The van der Waals surface area contributed by atoms with Crippen molar-refractivity contribution in [3.8, 4) is 5.75 Å². The van der Waals surface area contributed by atoms with Crippen LogP contribution in [0, 0.1) is 0 Å². The number of ether oxygens (including phenoxy) is 1. The lowest BCUT2D eigenvalue weighted by atomic mass is 10.1. The summed E-state index contributed by atoms with van der Waals surface area (Å²) in [6.45, 7) is 1.88. The predicted octanol–water partition coefficient (Wildman–Crippen LogP) is 1.49. The van der Waals surface area contributed by atoms with Crippen molar-refractivity contribution in [3.05, 3.63) is 18.3 Å². The molecule has 0 bridgehead atoms. The van der Waals surface area contributed by atoms with Crippen LogP contribution in [0.3, 0.4) is 0 Å². The van der Waals surface area contributed by atoms with Gasteiger partial charge in [-0.15, -0.1) is 0 Å². The summed E-state index contributed by atoms with van der Waals surface area (Å²) in [6.07, 6.45) is 5.63. The van der Waals surface area contributed by atoms with Gasteiger partial charge in [-0.25, -0.2) is 8.42 Å². The van der Waals surface area contributed by atoms with E-state index in [1.165, 1.54) is 12.5 Å². The molecule has 0 spiro atoms. The number of fused-ring (bicyclic) bond motifs is 1. The van der Waals surface area contributed by atoms with Crippen molar-refractivity contribution in [2.45, 2.75) is 30.3 Å². The van der Waals surface area contributed by atoms with Crippen molar-refractivity contribution in [1.29, 1.82) is 0 Å². The maximum absolute atomic E-state index is 12.1. The molecule has 2 N–H and O–H groups in total. The third-order valence-corrected chi connectivity index (χ3v) is 4.89. The number of aromatic nitrogens is 2. The Balaban J connectivity index is 2.01. The van der Waals surface area contributed by atoms with Gasteiger partial charge in [0.1, 0.15) is 16.7 Å². The second-order valence-electron chi connectivity index (χ2n) is 5.42. The lowest BCUT2D eigenvalue weighted by Crippen LogP contribution is -2.20. The first kappa shape index (κ1) is 14.3. The molecule has 0 radical (unpaired) electrons. The Bertz CT molecular complexity index is 731. The molecule has 3 rings (SSSR count). The van der Waals surface area contributed by atoms with Gasteiger partial charge < -0.3 is 10.1 Å². The number of nitrogens with zero attached hydrogens (tertiary/aromatic N) is 1. The molecule has 0 amide bonds. The third-order valence-electron chi connectivity index (χ3n) is 3.73. The van der Waals surface area contributed by atoms with Crippen molar-refractivity contribution < 1.29 is 13.2 Å². The Hall–Kier alpha value is -1.60. The van der Waals surface area contributed by atoms with E-state index in [1.807, 2.05) is 0 Å². The Morgan fingerprint density at radius 3 is 2.95 bits per heavy atom. The summed E-state index contributed by atoms with van der Waals surface area (Å²) < 4.78 is 30.3. The quantitative estimate of drug-likeness (QED) is 0.897. The van der Waals surface area contributed by atoms with E-state index in [9.17, 15) is 8.42 Å². The Kier molecular flexibility index (Phi) is 3.86. The van der Waals surface area contributed by atoms with Gasteiger partial charge in [-0.3, -0.25) is 5.10 Å².